The number of aryl methyl sites for hydroxylation is 1. The van der Waals surface area contributed by atoms with Gasteiger partial charge in [-0.15, -0.1) is 5.10 Å². The largest absolute Gasteiger partial charge is 0.343 e. The van der Waals surface area contributed by atoms with Crippen molar-refractivity contribution in [3.63, 3.8) is 0 Å². The van der Waals surface area contributed by atoms with E-state index in [4.69, 9.17) is 0 Å². The fraction of sp³-hybridized carbons (Fsp3) is 0.500. The Bertz CT molecular complexity index is 255. The maximum atomic E-state index is 11.0. The third-order valence-electron chi connectivity index (χ3n) is 1.14. The zero-order valence-corrected chi connectivity index (χ0v) is 6.53. The molecule has 11 heavy (non-hydrogen) atoms. The molecule has 0 aliphatic carbocycles. The minimum atomic E-state index is -0.242. The van der Waals surface area contributed by atoms with E-state index in [9.17, 15) is 4.79 Å². The van der Waals surface area contributed by atoms with E-state index in [1.807, 2.05) is 6.92 Å². The standard InChI is InChI=1S/C6H10N4O/c1-3-7-6(11)10-4-8-5(2)9-10/h4H,3H2,1-2H3,(H,7,11). The Morgan fingerprint density at radius 3 is 3.00 bits per heavy atom. The lowest BCUT2D eigenvalue weighted by molar-refractivity contribution is 0.240. The van der Waals surface area contributed by atoms with Crippen LogP contribution in [0.4, 0.5) is 4.79 Å². The van der Waals surface area contributed by atoms with Crippen LogP contribution in [0.3, 0.4) is 0 Å². The second-order valence-corrected chi connectivity index (χ2v) is 2.07. The zero-order valence-electron chi connectivity index (χ0n) is 6.53. The van der Waals surface area contributed by atoms with Crippen molar-refractivity contribution in [2.24, 2.45) is 0 Å². The molecular weight excluding hydrogens is 144 g/mol. The fourth-order valence-electron chi connectivity index (χ4n) is 0.676. The van der Waals surface area contributed by atoms with E-state index in [0.29, 0.717) is 12.4 Å². The molecule has 1 N–H and O–H groups in total. The highest BCUT2D eigenvalue weighted by molar-refractivity contribution is 5.75. The zero-order chi connectivity index (χ0) is 8.27. The minimum absolute atomic E-state index is 0.242. The molecule has 0 unspecified atom stereocenters. The van der Waals surface area contributed by atoms with Gasteiger partial charge in [-0.05, 0) is 13.8 Å². The predicted octanol–water partition coefficient (Wildman–Crippen LogP) is 0.164. The highest BCUT2D eigenvalue weighted by atomic mass is 16.2. The summed E-state index contributed by atoms with van der Waals surface area (Å²) in [5, 5.41) is 6.42. The Hall–Kier alpha value is -1.39. The van der Waals surface area contributed by atoms with Crippen LogP contribution in [0.2, 0.25) is 0 Å². The molecule has 1 aromatic heterocycles. The molecule has 0 saturated heterocycles. The van der Waals surface area contributed by atoms with E-state index >= 15 is 0 Å². The Morgan fingerprint density at radius 2 is 2.55 bits per heavy atom. The smallest absolute Gasteiger partial charge is 0.336 e. The molecule has 5 nitrogen and oxygen atoms in total. The lowest BCUT2D eigenvalue weighted by atomic mass is 10.7. The summed E-state index contributed by atoms with van der Waals surface area (Å²) >= 11 is 0. The van der Waals surface area contributed by atoms with E-state index < -0.39 is 0 Å². The van der Waals surface area contributed by atoms with Gasteiger partial charge in [-0.1, -0.05) is 0 Å². The second-order valence-electron chi connectivity index (χ2n) is 2.07. The number of nitrogens with one attached hydrogen (secondary N) is 1. The summed E-state index contributed by atoms with van der Waals surface area (Å²) in [6.07, 6.45) is 1.39. The molecule has 0 atom stereocenters. The molecule has 0 radical (unpaired) electrons. The van der Waals surface area contributed by atoms with Crippen LogP contribution < -0.4 is 5.32 Å². The molecule has 0 saturated carbocycles. The Labute approximate surface area is 64.4 Å². The van der Waals surface area contributed by atoms with Crippen molar-refractivity contribution in [2.45, 2.75) is 13.8 Å². The van der Waals surface area contributed by atoms with Gasteiger partial charge in [0.15, 0.2) is 0 Å². The molecule has 1 rings (SSSR count). The lowest BCUT2D eigenvalue weighted by Gasteiger charge is -1.97. The molecule has 0 fully saturated rings. The summed E-state index contributed by atoms with van der Waals surface area (Å²) in [5.41, 5.74) is 0. The van der Waals surface area contributed by atoms with Crippen LogP contribution in [-0.4, -0.2) is 27.3 Å². The molecule has 0 bridgehead atoms. The lowest BCUT2D eigenvalue weighted by Crippen LogP contribution is -2.28. The molecule has 1 heterocycles. The van der Waals surface area contributed by atoms with Gasteiger partial charge in [0.25, 0.3) is 0 Å². The van der Waals surface area contributed by atoms with Gasteiger partial charge in [0.05, 0.1) is 0 Å². The van der Waals surface area contributed by atoms with Crippen molar-refractivity contribution in [3.8, 4) is 0 Å². The highest BCUT2D eigenvalue weighted by Gasteiger charge is 2.02. The molecule has 0 aliphatic rings. The fourth-order valence-corrected chi connectivity index (χ4v) is 0.676. The topological polar surface area (TPSA) is 59.8 Å². The number of rotatable bonds is 1. The summed E-state index contributed by atoms with van der Waals surface area (Å²) in [4.78, 5) is 14.8. The van der Waals surface area contributed by atoms with Crippen LogP contribution in [0, 0.1) is 6.92 Å². The van der Waals surface area contributed by atoms with Crippen LogP contribution in [0.5, 0.6) is 0 Å². The number of nitrogens with zero attached hydrogens (tertiary/aromatic N) is 3. The number of hydrogen-bond acceptors (Lipinski definition) is 3. The van der Waals surface area contributed by atoms with E-state index in [2.05, 4.69) is 15.4 Å². The number of hydrogen-bond donors (Lipinski definition) is 1. The molecule has 0 aliphatic heterocycles. The first-order valence-electron chi connectivity index (χ1n) is 3.40. The Morgan fingerprint density at radius 1 is 1.82 bits per heavy atom. The van der Waals surface area contributed by atoms with Crippen LogP contribution >= 0.6 is 0 Å². The summed E-state index contributed by atoms with van der Waals surface area (Å²) in [7, 11) is 0. The van der Waals surface area contributed by atoms with Gasteiger partial charge in [-0.3, -0.25) is 0 Å². The van der Waals surface area contributed by atoms with Crippen molar-refractivity contribution in [1.82, 2.24) is 20.1 Å². The Kier molecular flexibility index (Phi) is 2.20. The number of amides is 1. The van der Waals surface area contributed by atoms with Crippen molar-refractivity contribution in [3.05, 3.63) is 12.2 Å². The maximum absolute atomic E-state index is 11.0. The molecule has 0 spiro atoms. The third-order valence-corrected chi connectivity index (χ3v) is 1.14. The summed E-state index contributed by atoms with van der Waals surface area (Å²) in [6, 6.07) is -0.242. The van der Waals surface area contributed by atoms with Gasteiger partial charge in [0.2, 0.25) is 0 Å². The SMILES string of the molecule is CCNC(=O)n1cnc(C)n1. The number of carbonyl (C=O) groups is 1. The van der Waals surface area contributed by atoms with Crippen LogP contribution in [0.1, 0.15) is 12.7 Å². The van der Waals surface area contributed by atoms with Crippen LogP contribution in [-0.2, 0) is 0 Å². The first kappa shape index (κ1) is 7.71. The number of aromatic nitrogens is 3. The summed E-state index contributed by atoms with van der Waals surface area (Å²) in [6.45, 7) is 4.18. The van der Waals surface area contributed by atoms with Crippen LogP contribution in [0.15, 0.2) is 6.33 Å². The normalized spacial score (nSPS) is 9.64. The predicted molar refractivity (Wildman–Crippen MR) is 39.2 cm³/mol. The number of carbonyl (C=O) groups excluding carboxylic acids is 1. The maximum Gasteiger partial charge on any atom is 0.343 e. The monoisotopic (exact) mass is 154 g/mol. The van der Waals surface area contributed by atoms with Crippen molar-refractivity contribution >= 4 is 6.03 Å². The molecule has 5 heteroatoms. The third kappa shape index (κ3) is 1.76. The van der Waals surface area contributed by atoms with E-state index in [-0.39, 0.29) is 6.03 Å². The Balaban J connectivity index is 2.69. The van der Waals surface area contributed by atoms with E-state index in [1.165, 1.54) is 11.0 Å². The first-order chi connectivity index (χ1) is 5.24. The molecule has 60 valence electrons. The average Bonchev–Trinajstić information content (AvgIpc) is 2.36. The van der Waals surface area contributed by atoms with Gasteiger partial charge in [0, 0.05) is 6.54 Å². The van der Waals surface area contributed by atoms with Crippen molar-refractivity contribution in [2.75, 3.05) is 6.54 Å². The van der Waals surface area contributed by atoms with Gasteiger partial charge in [-0.2, -0.15) is 4.68 Å². The van der Waals surface area contributed by atoms with Crippen LogP contribution in [0.25, 0.3) is 0 Å². The highest BCUT2D eigenvalue weighted by Crippen LogP contribution is 1.84. The molecule has 0 aromatic carbocycles. The first-order valence-corrected chi connectivity index (χ1v) is 3.40. The quantitative estimate of drug-likeness (QED) is 0.627. The van der Waals surface area contributed by atoms with E-state index in [1.54, 1.807) is 6.92 Å². The van der Waals surface area contributed by atoms with Gasteiger partial charge in [-0.25, -0.2) is 9.78 Å². The second kappa shape index (κ2) is 3.14. The molecular formula is C6H10N4O. The van der Waals surface area contributed by atoms with E-state index in [0.717, 1.165) is 0 Å². The van der Waals surface area contributed by atoms with Crippen molar-refractivity contribution < 1.29 is 4.79 Å². The van der Waals surface area contributed by atoms with Crippen molar-refractivity contribution in [1.29, 1.82) is 0 Å². The van der Waals surface area contributed by atoms with Gasteiger partial charge >= 0.3 is 6.03 Å². The minimum Gasteiger partial charge on any atom is -0.336 e. The molecule has 1 amide bonds. The van der Waals surface area contributed by atoms with Gasteiger partial charge < -0.3 is 5.32 Å². The summed E-state index contributed by atoms with van der Waals surface area (Å²) < 4.78 is 1.18. The summed E-state index contributed by atoms with van der Waals surface area (Å²) in [5.74, 6) is 0.594. The molecule has 1 aromatic rings. The average molecular weight is 154 g/mol. The van der Waals surface area contributed by atoms with Gasteiger partial charge in [0.1, 0.15) is 12.2 Å².